The number of halogens is 3. The molecule has 112 valence electrons. The summed E-state index contributed by atoms with van der Waals surface area (Å²) >= 11 is 0. The van der Waals surface area contributed by atoms with Crippen molar-refractivity contribution in [3.8, 4) is 0 Å². The Morgan fingerprint density at radius 1 is 1.15 bits per heavy atom. The molecule has 0 N–H and O–H groups in total. The summed E-state index contributed by atoms with van der Waals surface area (Å²) in [7, 11) is -5.05. The van der Waals surface area contributed by atoms with Crippen LogP contribution in [0.3, 0.4) is 0 Å². The van der Waals surface area contributed by atoms with Crippen LogP contribution in [0.15, 0.2) is 30.3 Å². The van der Waals surface area contributed by atoms with Gasteiger partial charge in [-0.2, -0.15) is 21.6 Å². The fourth-order valence-corrected chi connectivity index (χ4v) is 2.12. The third-order valence-corrected chi connectivity index (χ3v) is 3.58. The minimum Gasteiger partial charge on any atom is -0.467 e. The van der Waals surface area contributed by atoms with Crippen molar-refractivity contribution in [1.82, 2.24) is 0 Å². The first-order valence-corrected chi connectivity index (χ1v) is 6.61. The van der Waals surface area contributed by atoms with Gasteiger partial charge in [-0.3, -0.25) is 0 Å². The van der Waals surface area contributed by atoms with Crippen molar-refractivity contribution in [2.24, 2.45) is 0 Å². The maximum absolute atomic E-state index is 12.4. The Balaban J connectivity index is 3.33. The van der Waals surface area contributed by atoms with Crippen molar-refractivity contribution in [2.45, 2.75) is 18.0 Å². The van der Waals surface area contributed by atoms with Crippen LogP contribution in [-0.2, 0) is 29.4 Å². The van der Waals surface area contributed by atoms with E-state index < -0.39 is 27.2 Å². The van der Waals surface area contributed by atoms with Crippen molar-refractivity contribution >= 4 is 16.1 Å². The molecule has 0 aromatic heterocycles. The molecule has 0 fully saturated rings. The van der Waals surface area contributed by atoms with Gasteiger partial charge in [0.2, 0.25) is 5.60 Å². The van der Waals surface area contributed by atoms with Crippen LogP contribution >= 0.6 is 0 Å². The number of benzene rings is 1. The summed E-state index contributed by atoms with van der Waals surface area (Å²) in [5.41, 5.74) is -8.15. The van der Waals surface area contributed by atoms with E-state index in [9.17, 15) is 26.4 Å². The zero-order chi connectivity index (χ0) is 15.6. The van der Waals surface area contributed by atoms with E-state index in [0.29, 0.717) is 0 Å². The number of hydrogen-bond acceptors (Lipinski definition) is 5. The van der Waals surface area contributed by atoms with E-state index in [1.807, 2.05) is 0 Å². The average molecular weight is 312 g/mol. The standard InChI is InChI=1S/C11H11F3O5S/c1-10(9(15)18-2,8-6-4-3-5-7-8)19-20(16,17)11(12,13)14/h3-7H,1-2H3. The monoisotopic (exact) mass is 312 g/mol. The number of ether oxygens (including phenoxy) is 1. The lowest BCUT2D eigenvalue weighted by molar-refractivity contribution is -0.159. The van der Waals surface area contributed by atoms with Crippen molar-refractivity contribution in [2.75, 3.05) is 7.11 Å². The zero-order valence-electron chi connectivity index (χ0n) is 10.5. The highest BCUT2D eigenvalue weighted by Gasteiger charge is 2.54. The highest BCUT2D eigenvalue weighted by atomic mass is 32.2. The summed E-state index contributed by atoms with van der Waals surface area (Å²) in [6.45, 7) is 0.886. The van der Waals surface area contributed by atoms with Crippen LogP contribution in [0.4, 0.5) is 13.2 Å². The lowest BCUT2D eigenvalue weighted by Gasteiger charge is -2.26. The van der Waals surface area contributed by atoms with Crippen molar-refractivity contribution in [3.63, 3.8) is 0 Å². The molecule has 1 aromatic rings. The molecule has 0 amide bonds. The number of carbonyl (C=O) groups is 1. The van der Waals surface area contributed by atoms with Gasteiger partial charge in [0.25, 0.3) is 0 Å². The molecule has 1 aromatic carbocycles. The maximum atomic E-state index is 12.4. The Hall–Kier alpha value is -1.61. The van der Waals surface area contributed by atoms with Gasteiger partial charge in [-0.15, -0.1) is 0 Å². The topological polar surface area (TPSA) is 69.7 Å². The van der Waals surface area contributed by atoms with E-state index in [0.717, 1.165) is 14.0 Å². The lowest BCUT2D eigenvalue weighted by atomic mass is 9.96. The molecule has 1 atom stereocenters. The molecule has 1 unspecified atom stereocenters. The van der Waals surface area contributed by atoms with Gasteiger partial charge in [0.05, 0.1) is 7.11 Å². The molecule has 0 aliphatic heterocycles. The largest absolute Gasteiger partial charge is 0.523 e. The van der Waals surface area contributed by atoms with Crippen LogP contribution in [-0.4, -0.2) is 27.0 Å². The number of alkyl halides is 3. The summed E-state index contributed by atoms with van der Waals surface area (Å²) in [4.78, 5) is 11.7. The molecular weight excluding hydrogens is 301 g/mol. The highest BCUT2D eigenvalue weighted by Crippen LogP contribution is 2.34. The lowest BCUT2D eigenvalue weighted by Crippen LogP contribution is -2.42. The second-order valence-electron chi connectivity index (χ2n) is 3.87. The predicted molar refractivity (Wildman–Crippen MR) is 61.9 cm³/mol. The van der Waals surface area contributed by atoms with E-state index >= 15 is 0 Å². The first-order valence-electron chi connectivity index (χ1n) is 5.20. The highest BCUT2D eigenvalue weighted by molar-refractivity contribution is 7.87. The third kappa shape index (κ3) is 3.10. The molecule has 0 radical (unpaired) electrons. The molecule has 0 heterocycles. The Labute approximate surface area is 113 Å². The van der Waals surface area contributed by atoms with Gasteiger partial charge in [0.15, 0.2) is 0 Å². The van der Waals surface area contributed by atoms with Gasteiger partial charge in [0.1, 0.15) is 0 Å². The van der Waals surface area contributed by atoms with Crippen molar-refractivity contribution < 1.29 is 35.3 Å². The number of rotatable bonds is 4. The molecule has 0 spiro atoms. The molecule has 0 aliphatic carbocycles. The fourth-order valence-electron chi connectivity index (χ4n) is 1.42. The van der Waals surface area contributed by atoms with Crippen LogP contribution < -0.4 is 0 Å². The number of hydrogen-bond donors (Lipinski definition) is 0. The Kier molecular flexibility index (Phi) is 4.45. The summed E-state index contributed by atoms with van der Waals surface area (Å²) in [5.74, 6) is -1.27. The first-order chi connectivity index (χ1) is 9.04. The summed E-state index contributed by atoms with van der Waals surface area (Å²) in [5, 5.41) is 0. The SMILES string of the molecule is COC(=O)C(C)(OS(=O)(=O)C(F)(F)F)c1ccccc1. The van der Waals surface area contributed by atoms with Gasteiger partial charge in [-0.25, -0.2) is 8.98 Å². The summed E-state index contributed by atoms with van der Waals surface area (Å²) in [6, 6.07) is 6.88. The molecule has 1 rings (SSSR count). The predicted octanol–water partition coefficient (Wildman–Crippen LogP) is 1.94. The first kappa shape index (κ1) is 16.4. The Morgan fingerprint density at radius 3 is 2.05 bits per heavy atom. The molecule has 0 bridgehead atoms. The van der Waals surface area contributed by atoms with Crippen LogP contribution in [0.5, 0.6) is 0 Å². The smallest absolute Gasteiger partial charge is 0.467 e. The fraction of sp³-hybridized carbons (Fsp3) is 0.364. The van der Waals surface area contributed by atoms with Gasteiger partial charge >= 0.3 is 21.6 Å². The molecular formula is C11H11F3O5S. The van der Waals surface area contributed by atoms with Crippen molar-refractivity contribution in [1.29, 1.82) is 0 Å². The zero-order valence-corrected chi connectivity index (χ0v) is 11.3. The Bertz CT molecular complexity index is 582. The van der Waals surface area contributed by atoms with E-state index in [-0.39, 0.29) is 5.56 Å². The maximum Gasteiger partial charge on any atom is 0.523 e. The molecule has 0 aliphatic rings. The Morgan fingerprint density at radius 2 is 1.65 bits per heavy atom. The van der Waals surface area contributed by atoms with Crippen LogP contribution in [0.2, 0.25) is 0 Å². The van der Waals surface area contributed by atoms with Crippen LogP contribution in [0, 0.1) is 0 Å². The van der Waals surface area contributed by atoms with Gasteiger partial charge in [0, 0.05) is 0 Å². The van der Waals surface area contributed by atoms with Crippen LogP contribution in [0.1, 0.15) is 12.5 Å². The molecule has 5 nitrogen and oxygen atoms in total. The summed E-state index contributed by atoms with van der Waals surface area (Å²) in [6.07, 6.45) is 0. The number of esters is 1. The van der Waals surface area contributed by atoms with E-state index in [4.69, 9.17) is 0 Å². The minimum absolute atomic E-state index is 0.0836. The quantitative estimate of drug-likeness (QED) is 0.483. The second kappa shape index (κ2) is 5.41. The molecule has 9 heteroatoms. The van der Waals surface area contributed by atoms with Gasteiger partial charge < -0.3 is 4.74 Å². The normalized spacial score (nSPS) is 15.4. The number of carbonyl (C=O) groups excluding carboxylic acids is 1. The van der Waals surface area contributed by atoms with Gasteiger partial charge in [-0.1, -0.05) is 30.3 Å². The molecule has 20 heavy (non-hydrogen) atoms. The molecule has 0 saturated carbocycles. The molecule has 0 saturated heterocycles. The van der Waals surface area contributed by atoms with Crippen molar-refractivity contribution in [3.05, 3.63) is 35.9 Å². The van der Waals surface area contributed by atoms with Gasteiger partial charge in [-0.05, 0) is 12.5 Å². The third-order valence-electron chi connectivity index (χ3n) is 2.46. The van der Waals surface area contributed by atoms with E-state index in [1.165, 1.54) is 24.3 Å². The number of methoxy groups -OCH3 is 1. The average Bonchev–Trinajstić information content (AvgIpc) is 2.36. The van der Waals surface area contributed by atoms with Crippen LogP contribution in [0.25, 0.3) is 0 Å². The second-order valence-corrected chi connectivity index (χ2v) is 5.41. The summed E-state index contributed by atoms with van der Waals surface area (Å²) < 4.78 is 67.8. The van der Waals surface area contributed by atoms with E-state index in [2.05, 4.69) is 8.92 Å². The van der Waals surface area contributed by atoms with E-state index in [1.54, 1.807) is 6.07 Å². The minimum atomic E-state index is -5.96.